The molecule has 0 aliphatic carbocycles. The van der Waals surface area contributed by atoms with Gasteiger partial charge in [0.1, 0.15) is 5.69 Å². The Kier molecular flexibility index (Phi) is 4.43. The van der Waals surface area contributed by atoms with Gasteiger partial charge in [0.05, 0.1) is 17.6 Å². The summed E-state index contributed by atoms with van der Waals surface area (Å²) in [5.41, 5.74) is 4.77. The van der Waals surface area contributed by atoms with Gasteiger partial charge in [-0.05, 0) is 43.2 Å². The van der Waals surface area contributed by atoms with Gasteiger partial charge in [0.25, 0.3) is 5.91 Å². The number of rotatable bonds is 4. The van der Waals surface area contributed by atoms with Crippen LogP contribution in [0.5, 0.6) is 0 Å². The summed E-state index contributed by atoms with van der Waals surface area (Å²) in [6.07, 6.45) is 6.43. The molecule has 4 heterocycles. The lowest BCUT2D eigenvalue weighted by Gasteiger charge is -2.05. The molecule has 0 aliphatic heterocycles. The first-order chi connectivity index (χ1) is 13.1. The Bertz CT molecular complexity index is 1100. The molecule has 0 saturated carbocycles. The zero-order valence-corrected chi connectivity index (χ0v) is 15.4. The normalized spacial score (nSPS) is 10.7. The highest BCUT2D eigenvalue weighted by Gasteiger charge is 2.17. The fourth-order valence-corrected chi connectivity index (χ4v) is 3.25. The van der Waals surface area contributed by atoms with E-state index in [4.69, 9.17) is 0 Å². The summed E-state index contributed by atoms with van der Waals surface area (Å²) < 4.78 is 1.46. The summed E-state index contributed by atoms with van der Waals surface area (Å²) in [4.78, 5) is 25.5. The zero-order valence-electron chi connectivity index (χ0n) is 14.6. The van der Waals surface area contributed by atoms with Crippen molar-refractivity contribution >= 4 is 22.4 Å². The smallest absolute Gasteiger partial charge is 0.277 e. The molecule has 0 bridgehead atoms. The van der Waals surface area contributed by atoms with Gasteiger partial charge in [-0.25, -0.2) is 9.67 Å². The lowest BCUT2D eigenvalue weighted by atomic mass is 10.1. The van der Waals surface area contributed by atoms with Crippen molar-refractivity contribution in [2.75, 3.05) is 5.32 Å². The molecule has 0 aromatic carbocycles. The highest BCUT2D eigenvalue weighted by Crippen LogP contribution is 2.27. The molecule has 4 aromatic rings. The highest BCUT2D eigenvalue weighted by molar-refractivity contribution is 7.14. The Morgan fingerprint density at radius 3 is 2.78 bits per heavy atom. The molecular formula is C18H15N7OS. The molecule has 27 heavy (non-hydrogen) atoms. The summed E-state index contributed by atoms with van der Waals surface area (Å²) in [5, 5.41) is 13.0. The summed E-state index contributed by atoms with van der Waals surface area (Å²) in [6, 6.07) is 5.46. The molecule has 1 N–H and O–H groups in total. The third-order valence-electron chi connectivity index (χ3n) is 4.13. The van der Waals surface area contributed by atoms with Gasteiger partial charge < -0.3 is 0 Å². The quantitative estimate of drug-likeness (QED) is 0.587. The first-order valence-electron chi connectivity index (χ1n) is 8.14. The standard InChI is InChI=1S/C18H15N7OS/c1-11-3-8-20-16(12(11)2)14-10-27-18(22-14)23-17(26)15-9-21-24-25(15)13-4-6-19-7-5-13/h3-10H,1-2H3,(H,22,23,26). The second kappa shape index (κ2) is 7.04. The minimum Gasteiger partial charge on any atom is -0.296 e. The van der Waals surface area contributed by atoms with Gasteiger partial charge in [0, 0.05) is 24.0 Å². The number of carbonyl (C=O) groups is 1. The van der Waals surface area contributed by atoms with Gasteiger partial charge in [-0.1, -0.05) is 5.21 Å². The van der Waals surface area contributed by atoms with Crippen molar-refractivity contribution in [2.24, 2.45) is 0 Å². The Labute approximate surface area is 159 Å². The van der Waals surface area contributed by atoms with Crippen molar-refractivity contribution in [3.8, 4) is 17.1 Å². The molecule has 0 radical (unpaired) electrons. The molecule has 9 heteroatoms. The molecule has 0 unspecified atom stereocenters. The summed E-state index contributed by atoms with van der Waals surface area (Å²) in [5.74, 6) is -0.341. The van der Waals surface area contributed by atoms with Crippen molar-refractivity contribution in [3.05, 3.63) is 65.2 Å². The van der Waals surface area contributed by atoms with Crippen molar-refractivity contribution in [3.63, 3.8) is 0 Å². The Hall–Kier alpha value is -3.46. The first-order valence-corrected chi connectivity index (χ1v) is 9.02. The number of nitrogens with zero attached hydrogens (tertiary/aromatic N) is 6. The predicted octanol–water partition coefficient (Wildman–Crippen LogP) is 3.05. The van der Waals surface area contributed by atoms with Crippen LogP contribution in [-0.4, -0.2) is 35.9 Å². The van der Waals surface area contributed by atoms with E-state index in [1.165, 1.54) is 22.2 Å². The molecule has 134 valence electrons. The monoisotopic (exact) mass is 377 g/mol. The molecule has 4 rings (SSSR count). The van der Waals surface area contributed by atoms with Gasteiger partial charge in [-0.15, -0.1) is 16.4 Å². The van der Waals surface area contributed by atoms with Crippen LogP contribution in [0.1, 0.15) is 21.6 Å². The number of amides is 1. The van der Waals surface area contributed by atoms with E-state index in [1.54, 1.807) is 30.7 Å². The minimum atomic E-state index is -0.341. The van der Waals surface area contributed by atoms with E-state index in [9.17, 15) is 4.79 Å². The third kappa shape index (κ3) is 3.32. The largest absolute Gasteiger partial charge is 0.296 e. The Morgan fingerprint density at radius 1 is 1.15 bits per heavy atom. The zero-order chi connectivity index (χ0) is 18.8. The minimum absolute atomic E-state index is 0.308. The van der Waals surface area contributed by atoms with Crippen LogP contribution in [0.25, 0.3) is 17.1 Å². The molecule has 1 amide bonds. The molecule has 0 fully saturated rings. The first kappa shape index (κ1) is 17.0. The van der Waals surface area contributed by atoms with Gasteiger partial charge in [0.2, 0.25) is 0 Å². The number of anilines is 1. The number of nitrogens with one attached hydrogen (secondary N) is 1. The van der Waals surface area contributed by atoms with Crippen LogP contribution in [-0.2, 0) is 0 Å². The van der Waals surface area contributed by atoms with Crippen LogP contribution >= 0.6 is 11.3 Å². The second-order valence-electron chi connectivity index (χ2n) is 5.83. The number of pyridine rings is 2. The fourth-order valence-electron chi connectivity index (χ4n) is 2.56. The van der Waals surface area contributed by atoms with Crippen LogP contribution in [0.3, 0.4) is 0 Å². The van der Waals surface area contributed by atoms with E-state index < -0.39 is 0 Å². The maximum absolute atomic E-state index is 12.7. The van der Waals surface area contributed by atoms with Gasteiger partial charge in [-0.2, -0.15) is 0 Å². The maximum atomic E-state index is 12.7. The lowest BCUT2D eigenvalue weighted by molar-refractivity contribution is 0.101. The van der Waals surface area contributed by atoms with E-state index in [0.717, 1.165) is 22.5 Å². The highest BCUT2D eigenvalue weighted by atomic mass is 32.1. The van der Waals surface area contributed by atoms with E-state index >= 15 is 0 Å². The van der Waals surface area contributed by atoms with Gasteiger partial charge >= 0.3 is 0 Å². The lowest BCUT2D eigenvalue weighted by Crippen LogP contribution is -2.16. The third-order valence-corrected chi connectivity index (χ3v) is 4.89. The molecule has 0 spiro atoms. The number of hydrogen-bond donors (Lipinski definition) is 1. The number of thiazole rings is 1. The SMILES string of the molecule is Cc1ccnc(-c2csc(NC(=O)c3cnnn3-c3ccncc3)n2)c1C. The average molecular weight is 377 g/mol. The fraction of sp³-hybridized carbons (Fsp3) is 0.111. The average Bonchev–Trinajstić information content (AvgIpc) is 3.34. The van der Waals surface area contributed by atoms with Crippen molar-refractivity contribution < 1.29 is 4.79 Å². The van der Waals surface area contributed by atoms with E-state index in [1.807, 2.05) is 25.3 Å². The summed E-state index contributed by atoms with van der Waals surface area (Å²) in [7, 11) is 0. The number of carbonyl (C=O) groups excluding carboxylic acids is 1. The number of hydrogen-bond acceptors (Lipinski definition) is 7. The van der Waals surface area contributed by atoms with Gasteiger partial charge in [-0.3, -0.25) is 20.1 Å². The molecule has 0 saturated heterocycles. The van der Waals surface area contributed by atoms with Crippen molar-refractivity contribution in [2.45, 2.75) is 13.8 Å². The van der Waals surface area contributed by atoms with E-state index in [0.29, 0.717) is 16.5 Å². The molecule has 4 aromatic heterocycles. The van der Waals surface area contributed by atoms with Crippen LogP contribution in [0.4, 0.5) is 5.13 Å². The van der Waals surface area contributed by atoms with Crippen LogP contribution < -0.4 is 5.32 Å². The van der Waals surface area contributed by atoms with Crippen molar-refractivity contribution in [1.29, 1.82) is 0 Å². The van der Waals surface area contributed by atoms with Crippen LogP contribution in [0, 0.1) is 13.8 Å². The topological polar surface area (TPSA) is 98.5 Å². The number of aromatic nitrogens is 6. The van der Waals surface area contributed by atoms with Crippen LogP contribution in [0.2, 0.25) is 0 Å². The predicted molar refractivity (Wildman–Crippen MR) is 102 cm³/mol. The summed E-state index contributed by atoms with van der Waals surface area (Å²) in [6.45, 7) is 4.04. The molecule has 0 aliphatic rings. The van der Waals surface area contributed by atoms with Crippen molar-refractivity contribution in [1.82, 2.24) is 29.9 Å². The molecule has 0 atom stereocenters. The molecular weight excluding hydrogens is 362 g/mol. The Balaban J connectivity index is 1.58. The van der Waals surface area contributed by atoms with E-state index in [2.05, 4.69) is 30.6 Å². The maximum Gasteiger partial charge on any atom is 0.277 e. The van der Waals surface area contributed by atoms with E-state index in [-0.39, 0.29) is 5.91 Å². The Morgan fingerprint density at radius 2 is 1.96 bits per heavy atom. The molecule has 8 nitrogen and oxygen atoms in total. The van der Waals surface area contributed by atoms with Crippen LogP contribution in [0.15, 0.2) is 48.4 Å². The number of aryl methyl sites for hydroxylation is 1. The summed E-state index contributed by atoms with van der Waals surface area (Å²) >= 11 is 1.34. The van der Waals surface area contributed by atoms with Gasteiger partial charge in [0.15, 0.2) is 10.8 Å². The second-order valence-corrected chi connectivity index (χ2v) is 6.69.